The summed E-state index contributed by atoms with van der Waals surface area (Å²) >= 11 is 1.78. The zero-order valence-corrected chi connectivity index (χ0v) is 12.2. The highest BCUT2D eigenvalue weighted by atomic mass is 32.2. The lowest BCUT2D eigenvalue weighted by Gasteiger charge is -2.19. The van der Waals surface area contributed by atoms with Crippen molar-refractivity contribution in [3.05, 3.63) is 24.2 Å². The number of rotatable bonds is 4. The molecule has 1 aliphatic heterocycles. The van der Waals surface area contributed by atoms with Crippen molar-refractivity contribution in [3.8, 4) is 0 Å². The van der Waals surface area contributed by atoms with Crippen molar-refractivity contribution in [1.82, 2.24) is 4.31 Å². The topological polar surface area (TPSA) is 50.5 Å². The van der Waals surface area contributed by atoms with Gasteiger partial charge in [0.15, 0.2) is 0 Å². The highest BCUT2D eigenvalue weighted by Crippen LogP contribution is 2.35. The number of nitrogens with zero attached hydrogens (tertiary/aromatic N) is 1. The molecule has 2 rings (SSSR count). The van der Waals surface area contributed by atoms with Gasteiger partial charge in [-0.1, -0.05) is 6.92 Å². The zero-order chi connectivity index (χ0) is 13.0. The van der Waals surface area contributed by atoms with Crippen molar-refractivity contribution >= 4 is 21.8 Å². The second kappa shape index (κ2) is 6.12. The fraction of sp³-hybridized carbons (Fsp3) is 0.667. The molecule has 1 fully saturated rings. The van der Waals surface area contributed by atoms with E-state index in [0.717, 1.165) is 17.9 Å². The van der Waals surface area contributed by atoms with Crippen LogP contribution in [0.15, 0.2) is 22.8 Å². The molecule has 0 aliphatic carbocycles. The molecule has 0 N–H and O–H groups in total. The van der Waals surface area contributed by atoms with Gasteiger partial charge in [-0.15, -0.1) is 11.8 Å². The summed E-state index contributed by atoms with van der Waals surface area (Å²) in [6.45, 7) is 3.11. The average Bonchev–Trinajstić information content (AvgIpc) is 2.73. The van der Waals surface area contributed by atoms with Gasteiger partial charge in [0, 0.05) is 18.8 Å². The second-order valence-corrected chi connectivity index (χ2v) is 7.78. The molecule has 1 atom stereocenters. The Morgan fingerprint density at radius 1 is 1.50 bits per heavy atom. The van der Waals surface area contributed by atoms with E-state index in [9.17, 15) is 8.42 Å². The summed E-state index contributed by atoms with van der Waals surface area (Å²) in [5, 5.41) is 0.279. The number of sulfonamides is 1. The molecule has 1 aromatic rings. The van der Waals surface area contributed by atoms with Gasteiger partial charge in [-0.3, -0.25) is 0 Å². The van der Waals surface area contributed by atoms with E-state index in [1.165, 1.54) is 0 Å². The van der Waals surface area contributed by atoms with Crippen LogP contribution >= 0.6 is 11.8 Å². The number of hydrogen-bond donors (Lipinski definition) is 0. The highest BCUT2D eigenvalue weighted by molar-refractivity contribution is 7.99. The molecule has 0 radical (unpaired) electrons. The van der Waals surface area contributed by atoms with Crippen molar-refractivity contribution in [3.63, 3.8) is 0 Å². The normalized spacial score (nSPS) is 22.8. The Morgan fingerprint density at radius 2 is 2.33 bits per heavy atom. The first-order chi connectivity index (χ1) is 8.63. The van der Waals surface area contributed by atoms with Crippen molar-refractivity contribution in [1.29, 1.82) is 0 Å². The van der Waals surface area contributed by atoms with E-state index < -0.39 is 10.0 Å². The molecule has 1 saturated heterocycles. The third-order valence-corrected chi connectivity index (χ3v) is 6.38. The van der Waals surface area contributed by atoms with Gasteiger partial charge in [-0.05, 0) is 25.0 Å². The SMILES string of the molecule is CCCS(=O)(=O)N1CCS[C@@H](c2ccco2)CC1. The van der Waals surface area contributed by atoms with Crippen LogP contribution in [0.25, 0.3) is 0 Å². The molecule has 4 nitrogen and oxygen atoms in total. The van der Waals surface area contributed by atoms with E-state index >= 15 is 0 Å². The summed E-state index contributed by atoms with van der Waals surface area (Å²) in [5.41, 5.74) is 0. The van der Waals surface area contributed by atoms with Crippen LogP contribution in [0.1, 0.15) is 30.8 Å². The van der Waals surface area contributed by atoms with Crippen molar-refractivity contribution in [2.45, 2.75) is 25.0 Å². The van der Waals surface area contributed by atoms with E-state index in [0.29, 0.717) is 19.5 Å². The second-order valence-electron chi connectivity index (χ2n) is 4.38. The third kappa shape index (κ3) is 3.30. The Bertz CT molecular complexity index is 456. The molecule has 1 aromatic heterocycles. The monoisotopic (exact) mass is 289 g/mol. The molecule has 0 amide bonds. The molecule has 18 heavy (non-hydrogen) atoms. The number of hydrogen-bond acceptors (Lipinski definition) is 4. The minimum Gasteiger partial charge on any atom is -0.468 e. The molecule has 2 heterocycles. The summed E-state index contributed by atoms with van der Waals surface area (Å²) in [4.78, 5) is 0. The lowest BCUT2D eigenvalue weighted by Crippen LogP contribution is -2.34. The standard InChI is InChI=1S/C12H19NO3S2/c1-2-10-18(14,15)13-6-5-12(17-9-7-13)11-4-3-8-16-11/h3-4,8,12H,2,5-7,9-10H2,1H3/t12-/m1/s1. The molecule has 6 heteroatoms. The molecule has 0 aromatic carbocycles. The summed E-state index contributed by atoms with van der Waals surface area (Å²) in [6, 6.07) is 3.85. The smallest absolute Gasteiger partial charge is 0.214 e. The van der Waals surface area contributed by atoms with E-state index in [1.54, 1.807) is 22.3 Å². The van der Waals surface area contributed by atoms with Crippen molar-refractivity contribution in [2.75, 3.05) is 24.6 Å². The molecule has 0 unspecified atom stereocenters. The lowest BCUT2D eigenvalue weighted by atomic mass is 10.2. The summed E-state index contributed by atoms with van der Waals surface area (Å²) in [5.74, 6) is 2.03. The highest BCUT2D eigenvalue weighted by Gasteiger charge is 2.27. The third-order valence-electron chi connectivity index (χ3n) is 3.02. The minimum absolute atomic E-state index is 0.253. The summed E-state index contributed by atoms with van der Waals surface area (Å²) in [6.07, 6.45) is 3.17. The van der Waals surface area contributed by atoms with Crippen LogP contribution in [0.4, 0.5) is 0 Å². The molecular weight excluding hydrogens is 270 g/mol. The van der Waals surface area contributed by atoms with E-state index in [-0.39, 0.29) is 11.0 Å². The fourth-order valence-electron chi connectivity index (χ4n) is 2.12. The van der Waals surface area contributed by atoms with Gasteiger partial charge in [-0.25, -0.2) is 12.7 Å². The van der Waals surface area contributed by atoms with Crippen LogP contribution in [-0.4, -0.2) is 37.3 Å². The molecule has 0 spiro atoms. The quantitative estimate of drug-likeness (QED) is 0.854. The molecule has 0 bridgehead atoms. The van der Waals surface area contributed by atoms with Gasteiger partial charge >= 0.3 is 0 Å². The predicted molar refractivity (Wildman–Crippen MR) is 74.2 cm³/mol. The number of thioether (sulfide) groups is 1. The zero-order valence-electron chi connectivity index (χ0n) is 10.5. The van der Waals surface area contributed by atoms with Crippen LogP contribution in [-0.2, 0) is 10.0 Å². The molecule has 102 valence electrons. The predicted octanol–water partition coefficient (Wildman–Crippen LogP) is 2.50. The largest absolute Gasteiger partial charge is 0.468 e. The van der Waals surface area contributed by atoms with Gasteiger partial charge in [0.2, 0.25) is 10.0 Å². The van der Waals surface area contributed by atoms with Crippen LogP contribution in [0.3, 0.4) is 0 Å². The number of furan rings is 1. The average molecular weight is 289 g/mol. The van der Waals surface area contributed by atoms with Gasteiger partial charge < -0.3 is 4.42 Å². The van der Waals surface area contributed by atoms with Crippen LogP contribution in [0.2, 0.25) is 0 Å². The van der Waals surface area contributed by atoms with E-state index in [1.807, 2.05) is 19.1 Å². The Hall–Kier alpha value is -0.460. The first-order valence-corrected chi connectivity index (χ1v) is 8.92. The van der Waals surface area contributed by atoms with Gasteiger partial charge in [0.1, 0.15) is 5.76 Å². The van der Waals surface area contributed by atoms with Crippen LogP contribution in [0.5, 0.6) is 0 Å². The van der Waals surface area contributed by atoms with Gasteiger partial charge in [0.05, 0.1) is 17.3 Å². The summed E-state index contributed by atoms with van der Waals surface area (Å²) in [7, 11) is -3.06. The maximum Gasteiger partial charge on any atom is 0.214 e. The Labute approximate surface area is 113 Å². The molecular formula is C12H19NO3S2. The van der Waals surface area contributed by atoms with Gasteiger partial charge in [-0.2, -0.15) is 0 Å². The van der Waals surface area contributed by atoms with Crippen LogP contribution < -0.4 is 0 Å². The van der Waals surface area contributed by atoms with Crippen LogP contribution in [0, 0.1) is 0 Å². The van der Waals surface area contributed by atoms with Gasteiger partial charge in [0.25, 0.3) is 0 Å². The lowest BCUT2D eigenvalue weighted by molar-refractivity contribution is 0.417. The first kappa shape index (κ1) is 14.0. The summed E-state index contributed by atoms with van der Waals surface area (Å²) < 4.78 is 31.1. The Kier molecular flexibility index (Phi) is 4.75. The maximum atomic E-state index is 12.0. The van der Waals surface area contributed by atoms with E-state index in [2.05, 4.69) is 0 Å². The molecule has 0 saturated carbocycles. The Balaban J connectivity index is 2.01. The first-order valence-electron chi connectivity index (χ1n) is 6.26. The fourth-order valence-corrected chi connectivity index (χ4v) is 4.94. The Morgan fingerprint density at radius 3 is 3.00 bits per heavy atom. The molecule has 1 aliphatic rings. The van der Waals surface area contributed by atoms with E-state index in [4.69, 9.17) is 4.42 Å². The van der Waals surface area contributed by atoms with Crippen molar-refractivity contribution < 1.29 is 12.8 Å². The maximum absolute atomic E-state index is 12.0. The minimum atomic E-state index is -3.06. The van der Waals surface area contributed by atoms with Crippen molar-refractivity contribution in [2.24, 2.45) is 0 Å².